The average Bonchev–Trinajstić information content (AvgIpc) is 2.59. The van der Waals surface area contributed by atoms with Gasteiger partial charge in [-0.05, 0) is 38.4 Å². The molecule has 1 saturated heterocycles. The van der Waals surface area contributed by atoms with Crippen LogP contribution in [0.4, 0.5) is 0 Å². The maximum Gasteiger partial charge on any atom is 0.147 e. The zero-order valence-electron chi connectivity index (χ0n) is 10.0. The molecule has 0 amide bonds. The van der Waals surface area contributed by atoms with Crippen LogP contribution in [0.5, 0.6) is 0 Å². The van der Waals surface area contributed by atoms with E-state index in [9.17, 15) is 8.42 Å². The van der Waals surface area contributed by atoms with Gasteiger partial charge in [-0.15, -0.1) is 0 Å². The van der Waals surface area contributed by atoms with Gasteiger partial charge in [0.05, 0.1) is 0 Å². The summed E-state index contributed by atoms with van der Waals surface area (Å²) in [6.45, 7) is 2.22. The zero-order valence-corrected chi connectivity index (χ0v) is 11.7. The van der Waals surface area contributed by atoms with E-state index in [1.807, 2.05) is 11.8 Å². The van der Waals surface area contributed by atoms with E-state index in [4.69, 9.17) is 5.84 Å². The minimum atomic E-state index is -2.85. The number of nitrogens with one attached hydrogen (secondary N) is 1. The van der Waals surface area contributed by atoms with Crippen molar-refractivity contribution in [3.63, 3.8) is 0 Å². The number of rotatable bonds is 6. The van der Waals surface area contributed by atoms with Crippen LogP contribution in [-0.2, 0) is 9.84 Å². The van der Waals surface area contributed by atoms with Gasteiger partial charge in [-0.25, -0.2) is 8.42 Å². The van der Waals surface area contributed by atoms with Crippen LogP contribution < -0.4 is 11.3 Å². The molecule has 0 radical (unpaired) electrons. The van der Waals surface area contributed by atoms with E-state index in [1.165, 1.54) is 18.4 Å². The second-order valence-electron chi connectivity index (χ2n) is 4.76. The molecule has 3 N–H and O–H groups in total. The van der Waals surface area contributed by atoms with Crippen molar-refractivity contribution in [3.8, 4) is 0 Å². The van der Waals surface area contributed by atoms with Crippen molar-refractivity contribution in [2.24, 2.45) is 5.84 Å². The summed E-state index contributed by atoms with van der Waals surface area (Å²) in [7, 11) is -2.85. The highest BCUT2D eigenvalue weighted by Crippen LogP contribution is 2.41. The molecular formula is C10H22N2O2S2. The minimum Gasteiger partial charge on any atom is -0.271 e. The first-order valence-corrected chi connectivity index (χ1v) is 8.70. The third-order valence-corrected chi connectivity index (χ3v) is 5.87. The molecule has 2 atom stereocenters. The van der Waals surface area contributed by atoms with Crippen molar-refractivity contribution in [2.75, 3.05) is 17.8 Å². The normalized spacial score (nSPS) is 28.2. The summed E-state index contributed by atoms with van der Waals surface area (Å²) in [5, 5.41) is 0. The van der Waals surface area contributed by atoms with Crippen molar-refractivity contribution < 1.29 is 8.42 Å². The molecule has 2 unspecified atom stereocenters. The number of hydrogen-bond donors (Lipinski definition) is 2. The molecule has 1 rings (SSSR count). The van der Waals surface area contributed by atoms with Crippen LogP contribution in [0.25, 0.3) is 0 Å². The Morgan fingerprint density at radius 3 is 2.69 bits per heavy atom. The van der Waals surface area contributed by atoms with E-state index in [-0.39, 0.29) is 16.5 Å². The smallest absolute Gasteiger partial charge is 0.147 e. The molecule has 96 valence electrons. The maximum absolute atomic E-state index is 11.0. The van der Waals surface area contributed by atoms with Crippen molar-refractivity contribution in [1.29, 1.82) is 0 Å². The quantitative estimate of drug-likeness (QED) is 0.553. The summed E-state index contributed by atoms with van der Waals surface area (Å²) in [6.07, 6.45) is 5.18. The lowest BCUT2D eigenvalue weighted by Crippen LogP contribution is -2.48. The van der Waals surface area contributed by atoms with Crippen LogP contribution in [0.3, 0.4) is 0 Å². The maximum atomic E-state index is 11.0. The number of thioether (sulfide) groups is 1. The van der Waals surface area contributed by atoms with E-state index in [0.717, 1.165) is 12.8 Å². The second kappa shape index (κ2) is 5.71. The Kier molecular flexibility index (Phi) is 5.10. The fourth-order valence-corrected chi connectivity index (χ4v) is 4.31. The molecular weight excluding hydrogens is 244 g/mol. The minimum absolute atomic E-state index is 0.173. The van der Waals surface area contributed by atoms with Crippen molar-refractivity contribution in [2.45, 2.75) is 43.4 Å². The van der Waals surface area contributed by atoms with E-state index in [2.05, 4.69) is 12.3 Å². The highest BCUT2D eigenvalue weighted by Gasteiger charge is 2.36. The number of hydrazine groups is 1. The Hall–Kier alpha value is 0.220. The molecule has 4 nitrogen and oxygen atoms in total. The second-order valence-corrected chi connectivity index (χ2v) is 8.65. The van der Waals surface area contributed by atoms with Gasteiger partial charge in [0, 0.05) is 22.8 Å². The predicted molar refractivity (Wildman–Crippen MR) is 70.2 cm³/mol. The molecule has 1 fully saturated rings. The highest BCUT2D eigenvalue weighted by atomic mass is 32.2. The number of nitrogens with two attached hydrogens (primary N) is 1. The lowest BCUT2D eigenvalue weighted by molar-refractivity contribution is 0.383. The summed E-state index contributed by atoms with van der Waals surface area (Å²) in [5.41, 5.74) is 2.86. The lowest BCUT2D eigenvalue weighted by Gasteiger charge is -2.32. The summed E-state index contributed by atoms with van der Waals surface area (Å²) in [6, 6.07) is 0.210. The first-order valence-electron chi connectivity index (χ1n) is 5.65. The molecule has 1 aliphatic heterocycles. The van der Waals surface area contributed by atoms with Crippen LogP contribution in [0.1, 0.15) is 32.6 Å². The van der Waals surface area contributed by atoms with Crippen LogP contribution in [0.15, 0.2) is 0 Å². The Morgan fingerprint density at radius 1 is 1.56 bits per heavy atom. The Balaban J connectivity index is 2.43. The van der Waals surface area contributed by atoms with Gasteiger partial charge in [0.2, 0.25) is 0 Å². The third-order valence-electron chi connectivity index (χ3n) is 3.20. The van der Waals surface area contributed by atoms with Crippen molar-refractivity contribution >= 4 is 21.6 Å². The van der Waals surface area contributed by atoms with Crippen LogP contribution in [0.2, 0.25) is 0 Å². The summed E-state index contributed by atoms with van der Waals surface area (Å²) >= 11 is 1.94. The van der Waals surface area contributed by atoms with E-state index >= 15 is 0 Å². The largest absolute Gasteiger partial charge is 0.271 e. The zero-order chi connectivity index (χ0) is 12.2. The first kappa shape index (κ1) is 14.3. The van der Waals surface area contributed by atoms with Crippen LogP contribution in [-0.4, -0.2) is 37.0 Å². The SMILES string of the molecule is CC1(C(CCCS(C)(=O)=O)NN)CCCS1. The highest BCUT2D eigenvalue weighted by molar-refractivity contribution is 8.00. The van der Waals surface area contributed by atoms with Crippen molar-refractivity contribution in [3.05, 3.63) is 0 Å². The van der Waals surface area contributed by atoms with Crippen molar-refractivity contribution in [1.82, 2.24) is 5.43 Å². The van der Waals surface area contributed by atoms with Gasteiger partial charge >= 0.3 is 0 Å². The van der Waals surface area contributed by atoms with Crippen LogP contribution >= 0.6 is 11.8 Å². The molecule has 0 aliphatic carbocycles. The standard InChI is InChI=1S/C10H22N2O2S2/c1-10(6-4-7-15-10)9(12-11)5-3-8-16(2,13)14/h9,12H,3-8,11H2,1-2H3. The summed E-state index contributed by atoms with van der Waals surface area (Å²) in [5.74, 6) is 7.01. The summed E-state index contributed by atoms with van der Waals surface area (Å²) < 4.78 is 22.3. The van der Waals surface area contributed by atoms with Gasteiger partial charge in [0.1, 0.15) is 9.84 Å². The third kappa shape index (κ3) is 4.24. The van der Waals surface area contributed by atoms with Crippen LogP contribution in [0, 0.1) is 0 Å². The topological polar surface area (TPSA) is 72.2 Å². The molecule has 0 bridgehead atoms. The molecule has 6 heteroatoms. The molecule has 0 aromatic heterocycles. The van der Waals surface area contributed by atoms with Gasteiger partial charge in [0.15, 0.2) is 0 Å². The predicted octanol–water partition coefficient (Wildman–Crippen LogP) is 0.929. The van der Waals surface area contributed by atoms with Gasteiger partial charge in [-0.2, -0.15) is 11.8 Å². The average molecular weight is 266 g/mol. The molecule has 0 saturated carbocycles. The van der Waals surface area contributed by atoms with Gasteiger partial charge in [-0.1, -0.05) is 0 Å². The molecule has 0 aromatic carbocycles. The Morgan fingerprint density at radius 2 is 2.25 bits per heavy atom. The molecule has 0 aromatic rings. The summed E-state index contributed by atoms with van der Waals surface area (Å²) in [4.78, 5) is 0. The van der Waals surface area contributed by atoms with Gasteiger partial charge in [-0.3, -0.25) is 11.3 Å². The fourth-order valence-electron chi connectivity index (χ4n) is 2.19. The Bertz CT molecular complexity index is 311. The van der Waals surface area contributed by atoms with E-state index < -0.39 is 9.84 Å². The molecule has 0 spiro atoms. The van der Waals surface area contributed by atoms with Gasteiger partial charge in [0.25, 0.3) is 0 Å². The molecule has 1 heterocycles. The Labute approximate surface area is 103 Å². The lowest BCUT2D eigenvalue weighted by atomic mass is 9.93. The van der Waals surface area contributed by atoms with Gasteiger partial charge < -0.3 is 0 Å². The van der Waals surface area contributed by atoms with E-state index in [1.54, 1.807) is 0 Å². The number of sulfone groups is 1. The number of hydrogen-bond acceptors (Lipinski definition) is 5. The monoisotopic (exact) mass is 266 g/mol. The van der Waals surface area contributed by atoms with E-state index in [0.29, 0.717) is 6.42 Å². The first-order chi connectivity index (χ1) is 7.37. The molecule has 1 aliphatic rings. The molecule has 16 heavy (non-hydrogen) atoms. The fraction of sp³-hybridized carbons (Fsp3) is 1.00.